The number of nitrogens with one attached hydrogen (secondary N) is 1. The molecule has 0 unspecified atom stereocenters. The molecule has 2 aromatic rings. The fraction of sp³-hybridized carbons (Fsp3) is 0. The first kappa shape index (κ1) is 15.5. The molecule has 108 valence electrons. The topological polar surface area (TPSA) is 64.5 Å². The standard InChI is InChI=1S/C14H9BrClFN2O2/c15-10-3-1-9(12(17)6-10)7-18-19-13-5-8(14(20)21)2-4-11(13)16/h1-7,19H,(H,20,21)/p-1/b18-7-. The Morgan fingerprint density at radius 1 is 1.33 bits per heavy atom. The Hall–Kier alpha value is -1.92. The van der Waals surface area contributed by atoms with Crippen molar-refractivity contribution in [1.29, 1.82) is 0 Å². The summed E-state index contributed by atoms with van der Waals surface area (Å²) in [6.45, 7) is 0. The van der Waals surface area contributed by atoms with Crippen molar-refractivity contribution >= 4 is 45.4 Å². The number of anilines is 1. The average molecular weight is 371 g/mol. The molecule has 0 saturated carbocycles. The van der Waals surface area contributed by atoms with Gasteiger partial charge < -0.3 is 9.90 Å². The maximum Gasteiger partial charge on any atom is 0.133 e. The van der Waals surface area contributed by atoms with Gasteiger partial charge in [-0.2, -0.15) is 5.10 Å². The third-order valence-electron chi connectivity index (χ3n) is 2.55. The van der Waals surface area contributed by atoms with E-state index >= 15 is 0 Å². The third kappa shape index (κ3) is 4.03. The van der Waals surface area contributed by atoms with Gasteiger partial charge >= 0.3 is 0 Å². The zero-order valence-electron chi connectivity index (χ0n) is 10.4. The Kier molecular flexibility index (Phi) is 4.93. The number of nitrogens with zero attached hydrogens (tertiary/aromatic N) is 1. The van der Waals surface area contributed by atoms with Crippen molar-refractivity contribution in [3.05, 3.63) is 62.8 Å². The Labute approximate surface area is 133 Å². The maximum atomic E-state index is 13.6. The normalized spacial score (nSPS) is 10.8. The van der Waals surface area contributed by atoms with E-state index in [1.54, 1.807) is 12.1 Å². The van der Waals surface area contributed by atoms with Gasteiger partial charge in [-0.25, -0.2) is 4.39 Å². The first-order valence-corrected chi connectivity index (χ1v) is 6.89. The lowest BCUT2D eigenvalue weighted by molar-refractivity contribution is -0.255. The van der Waals surface area contributed by atoms with Crippen LogP contribution in [0.2, 0.25) is 5.02 Å². The van der Waals surface area contributed by atoms with Crippen LogP contribution in [0.3, 0.4) is 0 Å². The summed E-state index contributed by atoms with van der Waals surface area (Å²) in [7, 11) is 0. The summed E-state index contributed by atoms with van der Waals surface area (Å²) in [5.41, 5.74) is 3.09. The average Bonchev–Trinajstić information content (AvgIpc) is 2.43. The van der Waals surface area contributed by atoms with E-state index in [1.165, 1.54) is 30.5 Å². The van der Waals surface area contributed by atoms with Crippen LogP contribution in [0.1, 0.15) is 15.9 Å². The number of hydrogen-bond donors (Lipinski definition) is 1. The molecule has 2 aromatic carbocycles. The summed E-state index contributed by atoms with van der Waals surface area (Å²) in [5.74, 6) is -1.76. The molecular formula is C14H8BrClFN2O2-. The molecule has 0 fully saturated rings. The van der Waals surface area contributed by atoms with Crippen molar-refractivity contribution in [2.45, 2.75) is 0 Å². The predicted octanol–water partition coefficient (Wildman–Crippen LogP) is 3.05. The molecule has 2 rings (SSSR count). The lowest BCUT2D eigenvalue weighted by Gasteiger charge is -2.07. The minimum atomic E-state index is -1.32. The Morgan fingerprint density at radius 3 is 2.76 bits per heavy atom. The molecule has 7 heteroatoms. The molecule has 21 heavy (non-hydrogen) atoms. The van der Waals surface area contributed by atoms with Gasteiger partial charge in [-0.15, -0.1) is 0 Å². The van der Waals surface area contributed by atoms with Gasteiger partial charge in [-0.05, 0) is 35.9 Å². The highest BCUT2D eigenvalue weighted by atomic mass is 79.9. The third-order valence-corrected chi connectivity index (χ3v) is 3.38. The van der Waals surface area contributed by atoms with E-state index in [2.05, 4.69) is 26.5 Å². The molecule has 1 N–H and O–H groups in total. The Bertz CT molecular complexity index is 722. The number of carbonyl (C=O) groups is 1. The minimum absolute atomic E-state index is 0.0353. The Balaban J connectivity index is 2.17. The van der Waals surface area contributed by atoms with Crippen molar-refractivity contribution in [2.75, 3.05) is 5.43 Å². The molecule has 0 bridgehead atoms. The van der Waals surface area contributed by atoms with Gasteiger partial charge in [0, 0.05) is 10.0 Å². The molecule has 4 nitrogen and oxygen atoms in total. The Morgan fingerprint density at radius 2 is 2.10 bits per heavy atom. The van der Waals surface area contributed by atoms with Crippen molar-refractivity contribution in [1.82, 2.24) is 0 Å². The van der Waals surface area contributed by atoms with Crippen LogP contribution in [0, 0.1) is 5.82 Å². The number of benzene rings is 2. The van der Waals surface area contributed by atoms with Gasteiger partial charge in [0.25, 0.3) is 0 Å². The van der Waals surface area contributed by atoms with Crippen LogP contribution in [-0.2, 0) is 0 Å². The van der Waals surface area contributed by atoms with E-state index in [0.29, 0.717) is 4.47 Å². The van der Waals surface area contributed by atoms with Crippen molar-refractivity contribution < 1.29 is 14.3 Å². The van der Waals surface area contributed by atoms with E-state index in [0.717, 1.165) is 0 Å². The first-order valence-electron chi connectivity index (χ1n) is 5.72. The fourth-order valence-electron chi connectivity index (χ4n) is 1.52. The zero-order valence-corrected chi connectivity index (χ0v) is 12.8. The second kappa shape index (κ2) is 6.69. The molecule has 0 aromatic heterocycles. The summed E-state index contributed by atoms with van der Waals surface area (Å²) in [5, 5.41) is 14.9. The maximum absolute atomic E-state index is 13.6. The number of carboxylic acids is 1. The second-order valence-electron chi connectivity index (χ2n) is 4.02. The number of hydrogen-bond acceptors (Lipinski definition) is 4. The van der Waals surface area contributed by atoms with Gasteiger partial charge in [-0.3, -0.25) is 5.43 Å². The van der Waals surface area contributed by atoms with Gasteiger partial charge in [0.2, 0.25) is 0 Å². The summed E-state index contributed by atoms with van der Waals surface area (Å²) in [6, 6.07) is 8.54. The molecule has 0 atom stereocenters. The molecule has 0 heterocycles. The number of carbonyl (C=O) groups excluding carboxylic acids is 1. The van der Waals surface area contributed by atoms with Crippen LogP contribution < -0.4 is 10.5 Å². The number of hydrazone groups is 1. The molecule has 0 radical (unpaired) electrons. The monoisotopic (exact) mass is 369 g/mol. The first-order chi connectivity index (χ1) is 9.97. The van der Waals surface area contributed by atoms with Gasteiger partial charge in [0.05, 0.1) is 22.9 Å². The largest absolute Gasteiger partial charge is 0.545 e. The molecule has 0 spiro atoms. The summed E-state index contributed by atoms with van der Waals surface area (Å²) < 4.78 is 14.2. The smallest absolute Gasteiger partial charge is 0.133 e. The summed E-state index contributed by atoms with van der Waals surface area (Å²) in [4.78, 5) is 10.8. The second-order valence-corrected chi connectivity index (χ2v) is 5.34. The summed E-state index contributed by atoms with van der Waals surface area (Å²) in [6.07, 6.45) is 1.27. The van der Waals surface area contributed by atoms with Gasteiger partial charge in [-0.1, -0.05) is 33.6 Å². The molecule has 0 saturated heterocycles. The van der Waals surface area contributed by atoms with E-state index in [4.69, 9.17) is 11.6 Å². The molecule has 0 aliphatic rings. The number of halogens is 3. The quantitative estimate of drug-likeness (QED) is 0.664. The van der Waals surface area contributed by atoms with Gasteiger partial charge in [0.1, 0.15) is 5.82 Å². The van der Waals surface area contributed by atoms with Crippen LogP contribution in [-0.4, -0.2) is 12.2 Å². The molecule has 0 aliphatic carbocycles. The van der Waals surface area contributed by atoms with E-state index < -0.39 is 11.8 Å². The number of carboxylic acid groups (broad SMARTS) is 1. The number of aromatic carboxylic acids is 1. The van der Waals surface area contributed by atoms with Crippen molar-refractivity contribution in [3.63, 3.8) is 0 Å². The molecule has 0 aliphatic heterocycles. The zero-order chi connectivity index (χ0) is 15.4. The lowest BCUT2D eigenvalue weighted by atomic mass is 10.2. The summed E-state index contributed by atoms with van der Waals surface area (Å²) >= 11 is 9.06. The van der Waals surface area contributed by atoms with Crippen LogP contribution in [0.5, 0.6) is 0 Å². The van der Waals surface area contributed by atoms with E-state index in [-0.39, 0.29) is 21.8 Å². The van der Waals surface area contributed by atoms with E-state index in [9.17, 15) is 14.3 Å². The highest BCUT2D eigenvalue weighted by Crippen LogP contribution is 2.23. The van der Waals surface area contributed by atoms with Crippen LogP contribution >= 0.6 is 27.5 Å². The van der Waals surface area contributed by atoms with Crippen LogP contribution in [0.4, 0.5) is 10.1 Å². The highest BCUT2D eigenvalue weighted by Gasteiger charge is 2.03. The van der Waals surface area contributed by atoms with Crippen molar-refractivity contribution in [2.24, 2.45) is 5.10 Å². The van der Waals surface area contributed by atoms with Crippen LogP contribution in [0.25, 0.3) is 0 Å². The van der Waals surface area contributed by atoms with E-state index in [1.807, 2.05) is 0 Å². The molecular weight excluding hydrogens is 363 g/mol. The SMILES string of the molecule is O=C([O-])c1ccc(Cl)c(N/N=C\c2ccc(Br)cc2F)c1. The predicted molar refractivity (Wildman–Crippen MR) is 81.1 cm³/mol. The number of rotatable bonds is 4. The fourth-order valence-corrected chi connectivity index (χ4v) is 2.01. The minimum Gasteiger partial charge on any atom is -0.545 e. The lowest BCUT2D eigenvalue weighted by Crippen LogP contribution is -2.22. The van der Waals surface area contributed by atoms with Crippen LogP contribution in [0.15, 0.2) is 46.0 Å². The van der Waals surface area contributed by atoms with Crippen molar-refractivity contribution in [3.8, 4) is 0 Å². The highest BCUT2D eigenvalue weighted by molar-refractivity contribution is 9.10. The molecule has 0 amide bonds. The van der Waals surface area contributed by atoms with Gasteiger partial charge in [0.15, 0.2) is 0 Å².